The van der Waals surface area contributed by atoms with Crippen molar-refractivity contribution in [2.24, 2.45) is 5.73 Å². The number of nitrogens with zero attached hydrogens (tertiary/aromatic N) is 1. The van der Waals surface area contributed by atoms with Gasteiger partial charge in [-0.05, 0) is 30.5 Å². The third-order valence-electron chi connectivity index (χ3n) is 2.68. The number of anilines is 1. The Morgan fingerprint density at radius 3 is 2.79 bits per heavy atom. The number of hydrogen-bond donors (Lipinski definition) is 2. The Morgan fingerprint density at radius 2 is 2.16 bits per heavy atom. The van der Waals surface area contributed by atoms with E-state index in [1.807, 2.05) is 42.7 Å². The van der Waals surface area contributed by atoms with Crippen molar-refractivity contribution in [2.45, 2.75) is 11.4 Å². The first-order valence-electron chi connectivity index (χ1n) is 5.83. The third-order valence-corrected chi connectivity index (χ3v) is 3.66. The Kier molecular flexibility index (Phi) is 4.76. The van der Waals surface area contributed by atoms with Crippen LogP contribution in [0.2, 0.25) is 0 Å². The number of aromatic nitrogens is 1. The lowest BCUT2D eigenvalue weighted by atomic mass is 10.1. The Labute approximate surface area is 122 Å². The van der Waals surface area contributed by atoms with Crippen LogP contribution in [0.3, 0.4) is 0 Å². The second-order valence-electron chi connectivity index (χ2n) is 3.92. The summed E-state index contributed by atoms with van der Waals surface area (Å²) < 4.78 is 0. The molecular formula is C14H15N3S2. The van der Waals surface area contributed by atoms with Gasteiger partial charge in [-0.25, -0.2) is 0 Å². The number of pyridine rings is 1. The van der Waals surface area contributed by atoms with Crippen molar-refractivity contribution in [1.29, 1.82) is 0 Å². The van der Waals surface area contributed by atoms with Crippen LogP contribution in [0.15, 0.2) is 47.5 Å². The number of rotatable bonds is 5. The van der Waals surface area contributed by atoms with Crippen LogP contribution in [0, 0.1) is 0 Å². The fraction of sp³-hybridized carbons (Fsp3) is 0.143. The van der Waals surface area contributed by atoms with Gasteiger partial charge in [-0.1, -0.05) is 24.4 Å². The lowest BCUT2D eigenvalue weighted by Gasteiger charge is -2.14. The summed E-state index contributed by atoms with van der Waals surface area (Å²) in [6, 6.07) is 11.8. The molecule has 5 heteroatoms. The molecule has 0 amide bonds. The van der Waals surface area contributed by atoms with E-state index in [1.54, 1.807) is 18.0 Å². The number of nitrogens with one attached hydrogen (secondary N) is 1. The molecule has 1 aromatic carbocycles. The summed E-state index contributed by atoms with van der Waals surface area (Å²) in [4.78, 5) is 5.77. The molecule has 2 aromatic rings. The second-order valence-corrected chi connectivity index (χ2v) is 5.21. The summed E-state index contributed by atoms with van der Waals surface area (Å²) in [6.07, 6.45) is 3.80. The molecule has 1 heterocycles. The predicted octanol–water partition coefficient (Wildman–Crippen LogP) is 3.05. The van der Waals surface area contributed by atoms with Crippen LogP contribution in [-0.2, 0) is 6.54 Å². The van der Waals surface area contributed by atoms with E-state index in [-0.39, 0.29) is 0 Å². The molecule has 19 heavy (non-hydrogen) atoms. The van der Waals surface area contributed by atoms with E-state index < -0.39 is 0 Å². The summed E-state index contributed by atoms with van der Waals surface area (Å²) in [5, 5.41) is 3.34. The molecule has 0 bridgehead atoms. The van der Waals surface area contributed by atoms with Crippen molar-refractivity contribution in [3.05, 3.63) is 53.9 Å². The maximum absolute atomic E-state index is 5.82. The first-order chi connectivity index (χ1) is 9.22. The minimum atomic E-state index is 0.411. The highest BCUT2D eigenvalue weighted by atomic mass is 32.2. The Morgan fingerprint density at radius 1 is 1.32 bits per heavy atom. The fourth-order valence-electron chi connectivity index (χ4n) is 1.79. The molecule has 1 aromatic heterocycles. The monoisotopic (exact) mass is 289 g/mol. The summed E-state index contributed by atoms with van der Waals surface area (Å²) in [5.41, 5.74) is 8.65. The lowest BCUT2D eigenvalue weighted by molar-refractivity contribution is 1.04. The zero-order valence-electron chi connectivity index (χ0n) is 10.6. The number of thiocarbonyl (C=S) groups is 1. The van der Waals surface area contributed by atoms with Crippen LogP contribution in [-0.4, -0.2) is 16.2 Å². The van der Waals surface area contributed by atoms with Crippen LogP contribution in [0.25, 0.3) is 0 Å². The van der Waals surface area contributed by atoms with Gasteiger partial charge in [-0.3, -0.25) is 4.98 Å². The van der Waals surface area contributed by atoms with Gasteiger partial charge in [-0.15, -0.1) is 11.8 Å². The van der Waals surface area contributed by atoms with Crippen LogP contribution in [0.5, 0.6) is 0 Å². The first-order valence-corrected chi connectivity index (χ1v) is 7.46. The topological polar surface area (TPSA) is 50.9 Å². The minimum Gasteiger partial charge on any atom is -0.389 e. The maximum atomic E-state index is 5.82. The van der Waals surface area contributed by atoms with Gasteiger partial charge in [0.25, 0.3) is 0 Å². The zero-order chi connectivity index (χ0) is 13.7. The van der Waals surface area contributed by atoms with E-state index in [4.69, 9.17) is 18.0 Å². The predicted molar refractivity (Wildman–Crippen MR) is 85.7 cm³/mol. The third kappa shape index (κ3) is 3.45. The van der Waals surface area contributed by atoms with Crippen LogP contribution >= 0.6 is 24.0 Å². The van der Waals surface area contributed by atoms with E-state index in [1.165, 1.54) is 0 Å². The molecular weight excluding hydrogens is 274 g/mol. The maximum Gasteiger partial charge on any atom is 0.107 e. The second kappa shape index (κ2) is 6.54. The smallest absolute Gasteiger partial charge is 0.107 e. The molecule has 0 fully saturated rings. The van der Waals surface area contributed by atoms with Gasteiger partial charge in [0.1, 0.15) is 4.99 Å². The normalized spacial score (nSPS) is 10.2. The Bertz CT molecular complexity index is 570. The number of hydrogen-bond acceptors (Lipinski definition) is 4. The first kappa shape index (κ1) is 13.8. The van der Waals surface area contributed by atoms with Crippen LogP contribution < -0.4 is 11.1 Å². The summed E-state index contributed by atoms with van der Waals surface area (Å²) in [7, 11) is 0. The van der Waals surface area contributed by atoms with Crippen molar-refractivity contribution < 1.29 is 0 Å². The van der Waals surface area contributed by atoms with Crippen molar-refractivity contribution in [1.82, 2.24) is 4.98 Å². The van der Waals surface area contributed by atoms with Crippen molar-refractivity contribution in [3.63, 3.8) is 0 Å². The molecule has 2 rings (SSSR count). The van der Waals surface area contributed by atoms with Crippen molar-refractivity contribution >= 4 is 34.7 Å². The molecule has 3 nitrogen and oxygen atoms in total. The highest BCUT2D eigenvalue weighted by Gasteiger charge is 2.10. The molecule has 0 aliphatic carbocycles. The molecule has 0 spiro atoms. The van der Waals surface area contributed by atoms with E-state index >= 15 is 0 Å². The highest BCUT2D eigenvalue weighted by Crippen LogP contribution is 2.27. The number of benzene rings is 1. The average molecular weight is 289 g/mol. The van der Waals surface area contributed by atoms with Gasteiger partial charge in [-0.2, -0.15) is 0 Å². The van der Waals surface area contributed by atoms with Gasteiger partial charge in [0.2, 0.25) is 0 Å². The molecule has 0 unspecified atom stereocenters. The molecule has 0 aliphatic heterocycles. The Balaban J connectivity index is 2.23. The molecule has 0 saturated heterocycles. The van der Waals surface area contributed by atoms with Gasteiger partial charge in [0.05, 0.1) is 12.2 Å². The SMILES string of the molecule is CSc1cccc(NCc2ccccn2)c1C(N)=S. The molecule has 0 saturated carbocycles. The van der Waals surface area contributed by atoms with Gasteiger partial charge in [0.15, 0.2) is 0 Å². The highest BCUT2D eigenvalue weighted by molar-refractivity contribution is 7.98. The summed E-state index contributed by atoms with van der Waals surface area (Å²) in [5.74, 6) is 0. The largest absolute Gasteiger partial charge is 0.389 e. The van der Waals surface area contributed by atoms with Gasteiger partial charge in [0, 0.05) is 22.3 Å². The van der Waals surface area contributed by atoms with E-state index in [9.17, 15) is 0 Å². The fourth-order valence-corrected chi connectivity index (χ4v) is 2.71. The quantitative estimate of drug-likeness (QED) is 0.654. The molecule has 98 valence electrons. The van der Waals surface area contributed by atoms with E-state index in [0.717, 1.165) is 21.8 Å². The van der Waals surface area contributed by atoms with E-state index in [0.29, 0.717) is 11.5 Å². The molecule has 0 radical (unpaired) electrons. The molecule has 3 N–H and O–H groups in total. The lowest BCUT2D eigenvalue weighted by Crippen LogP contribution is -2.14. The van der Waals surface area contributed by atoms with Crippen LogP contribution in [0.4, 0.5) is 5.69 Å². The van der Waals surface area contributed by atoms with Crippen molar-refractivity contribution in [2.75, 3.05) is 11.6 Å². The molecule has 0 aliphatic rings. The van der Waals surface area contributed by atoms with Crippen molar-refractivity contribution in [3.8, 4) is 0 Å². The standard InChI is InChI=1S/C14H15N3S2/c1-19-12-7-4-6-11(13(12)14(15)18)17-9-10-5-2-3-8-16-10/h2-8,17H,9H2,1H3,(H2,15,18). The molecule has 0 atom stereocenters. The Hall–Kier alpha value is -1.59. The zero-order valence-corrected chi connectivity index (χ0v) is 12.2. The van der Waals surface area contributed by atoms with Gasteiger partial charge < -0.3 is 11.1 Å². The van der Waals surface area contributed by atoms with Crippen LogP contribution in [0.1, 0.15) is 11.3 Å². The summed E-state index contributed by atoms with van der Waals surface area (Å²) in [6.45, 7) is 0.647. The van der Waals surface area contributed by atoms with E-state index in [2.05, 4.69) is 10.3 Å². The summed E-state index contributed by atoms with van der Waals surface area (Å²) >= 11 is 6.78. The van der Waals surface area contributed by atoms with Gasteiger partial charge >= 0.3 is 0 Å². The number of thioether (sulfide) groups is 1. The number of nitrogens with two attached hydrogens (primary N) is 1. The minimum absolute atomic E-state index is 0.411. The average Bonchev–Trinajstić information content (AvgIpc) is 2.45.